The molecule has 1 aliphatic heterocycles. The molecule has 0 radical (unpaired) electrons. The van der Waals surface area contributed by atoms with Crippen molar-refractivity contribution in [3.05, 3.63) is 66.2 Å². The maximum absolute atomic E-state index is 6.40. The minimum absolute atomic E-state index is 0.361. The van der Waals surface area contributed by atoms with Gasteiger partial charge in [-0.2, -0.15) is 0 Å². The summed E-state index contributed by atoms with van der Waals surface area (Å²) in [4.78, 5) is 11.5. The van der Waals surface area contributed by atoms with Crippen molar-refractivity contribution in [3.63, 3.8) is 0 Å². The minimum Gasteiger partial charge on any atom is -0.490 e. The third-order valence-electron chi connectivity index (χ3n) is 8.02. The smallest absolute Gasteiger partial charge is 0.131 e. The van der Waals surface area contributed by atoms with E-state index in [1.807, 2.05) is 18.5 Å². The van der Waals surface area contributed by atoms with Crippen LogP contribution >= 0.6 is 0 Å². The van der Waals surface area contributed by atoms with Crippen molar-refractivity contribution < 1.29 is 4.74 Å². The number of nitrogens with zero attached hydrogens (tertiary/aromatic N) is 3. The molecule has 0 atom stereocenters. The predicted molar refractivity (Wildman–Crippen MR) is 139 cm³/mol. The summed E-state index contributed by atoms with van der Waals surface area (Å²) in [5.41, 5.74) is 1.80. The first kappa shape index (κ1) is 23.3. The van der Waals surface area contributed by atoms with Gasteiger partial charge < -0.3 is 4.74 Å². The zero-order chi connectivity index (χ0) is 23.5. The van der Waals surface area contributed by atoms with Crippen molar-refractivity contribution in [3.8, 4) is 5.75 Å². The van der Waals surface area contributed by atoms with Gasteiger partial charge in [-0.25, -0.2) is 9.97 Å². The van der Waals surface area contributed by atoms with E-state index in [0.29, 0.717) is 17.4 Å². The van der Waals surface area contributed by atoms with Crippen LogP contribution in [0.3, 0.4) is 0 Å². The lowest BCUT2D eigenvalue weighted by Gasteiger charge is -2.37. The number of likely N-dealkylation sites (tertiary alicyclic amines) is 1. The summed E-state index contributed by atoms with van der Waals surface area (Å²) in [5, 5.41) is 2.57. The molecule has 2 heterocycles. The van der Waals surface area contributed by atoms with Gasteiger partial charge in [-0.3, -0.25) is 4.90 Å². The van der Waals surface area contributed by atoms with Gasteiger partial charge in [0, 0.05) is 24.9 Å². The molecule has 4 nitrogen and oxygen atoms in total. The highest BCUT2D eigenvalue weighted by Crippen LogP contribution is 2.39. The van der Waals surface area contributed by atoms with E-state index in [9.17, 15) is 0 Å². The van der Waals surface area contributed by atoms with E-state index < -0.39 is 0 Å². The van der Waals surface area contributed by atoms with Crippen LogP contribution in [-0.2, 0) is 6.54 Å². The molecule has 4 heteroatoms. The molecule has 0 unspecified atom stereocenters. The molecular formula is C30H39N3O. The van der Waals surface area contributed by atoms with Crippen LogP contribution in [0.5, 0.6) is 5.75 Å². The zero-order valence-corrected chi connectivity index (χ0v) is 21.0. The molecule has 1 aromatic heterocycles. The number of ether oxygens (including phenoxy) is 1. The van der Waals surface area contributed by atoms with Crippen LogP contribution in [0.4, 0.5) is 0 Å². The fourth-order valence-corrected chi connectivity index (χ4v) is 5.81. The number of rotatable bonds is 5. The first-order valence-corrected chi connectivity index (χ1v) is 13.1. The van der Waals surface area contributed by atoms with Gasteiger partial charge in [-0.1, -0.05) is 39.0 Å². The molecule has 0 N–H and O–H groups in total. The normalized spacial score (nSPS) is 22.7. The Labute approximate surface area is 204 Å². The molecule has 1 saturated carbocycles. The van der Waals surface area contributed by atoms with E-state index in [-0.39, 0.29) is 0 Å². The Kier molecular flexibility index (Phi) is 6.87. The molecule has 0 bridgehead atoms. The van der Waals surface area contributed by atoms with E-state index in [4.69, 9.17) is 4.74 Å². The molecule has 1 aliphatic carbocycles. The highest BCUT2D eigenvalue weighted by atomic mass is 16.5. The summed E-state index contributed by atoms with van der Waals surface area (Å²) in [6.45, 7) is 10.3. The Bertz CT molecular complexity index is 1080. The van der Waals surface area contributed by atoms with E-state index in [1.165, 1.54) is 42.0 Å². The second kappa shape index (κ2) is 10.0. The molecule has 3 aromatic rings. The molecule has 1 saturated heterocycles. The quantitative estimate of drug-likeness (QED) is 0.414. The number of hydrogen-bond acceptors (Lipinski definition) is 4. The van der Waals surface area contributed by atoms with Crippen molar-refractivity contribution in [2.75, 3.05) is 13.1 Å². The van der Waals surface area contributed by atoms with Crippen LogP contribution in [0, 0.1) is 11.3 Å². The Balaban J connectivity index is 1.16. The van der Waals surface area contributed by atoms with E-state index in [0.717, 1.165) is 50.0 Å². The molecule has 0 amide bonds. The predicted octanol–water partition coefficient (Wildman–Crippen LogP) is 6.99. The fourth-order valence-electron chi connectivity index (χ4n) is 5.81. The largest absolute Gasteiger partial charge is 0.490 e. The van der Waals surface area contributed by atoms with Crippen LogP contribution < -0.4 is 4.74 Å². The van der Waals surface area contributed by atoms with Gasteiger partial charge in [0.1, 0.15) is 11.6 Å². The third kappa shape index (κ3) is 5.60. The van der Waals surface area contributed by atoms with Crippen LogP contribution in [-0.4, -0.2) is 34.1 Å². The van der Waals surface area contributed by atoms with Gasteiger partial charge in [0.05, 0.1) is 6.10 Å². The van der Waals surface area contributed by atoms with Gasteiger partial charge in [0.2, 0.25) is 0 Å². The highest BCUT2D eigenvalue weighted by Gasteiger charge is 2.30. The second-order valence-electron chi connectivity index (χ2n) is 11.5. The third-order valence-corrected chi connectivity index (χ3v) is 8.02. The van der Waals surface area contributed by atoms with Crippen molar-refractivity contribution in [1.82, 2.24) is 14.9 Å². The summed E-state index contributed by atoms with van der Waals surface area (Å²) in [5.74, 6) is 3.34. The molecule has 34 heavy (non-hydrogen) atoms. The summed E-state index contributed by atoms with van der Waals surface area (Å²) >= 11 is 0. The summed E-state index contributed by atoms with van der Waals surface area (Å²) < 4.78 is 6.40. The lowest BCUT2D eigenvalue weighted by molar-refractivity contribution is 0.0883. The van der Waals surface area contributed by atoms with Gasteiger partial charge in [0.15, 0.2) is 0 Å². The fraction of sp³-hybridized carbons (Fsp3) is 0.533. The first-order valence-electron chi connectivity index (χ1n) is 13.1. The van der Waals surface area contributed by atoms with Crippen molar-refractivity contribution in [2.24, 2.45) is 11.3 Å². The number of fused-ring (bicyclic) bond motifs is 1. The SMILES string of the molecule is CC(C)(C)C1CCC(Oc2ccc3cc(CN4CCC(c5ncccn5)CC4)ccc3c2)CC1. The Morgan fingerprint density at radius 2 is 1.53 bits per heavy atom. The van der Waals surface area contributed by atoms with Gasteiger partial charge in [-0.15, -0.1) is 0 Å². The summed E-state index contributed by atoms with van der Waals surface area (Å²) in [6, 6.07) is 15.4. The maximum atomic E-state index is 6.40. The highest BCUT2D eigenvalue weighted by molar-refractivity contribution is 5.84. The number of hydrogen-bond donors (Lipinski definition) is 0. The minimum atomic E-state index is 0.361. The lowest BCUT2D eigenvalue weighted by Crippen LogP contribution is -2.32. The van der Waals surface area contributed by atoms with Gasteiger partial charge in [0.25, 0.3) is 0 Å². The molecular weight excluding hydrogens is 418 g/mol. The second-order valence-corrected chi connectivity index (χ2v) is 11.5. The van der Waals surface area contributed by atoms with Crippen LogP contribution in [0.15, 0.2) is 54.9 Å². The lowest BCUT2D eigenvalue weighted by atomic mass is 9.72. The van der Waals surface area contributed by atoms with Crippen molar-refractivity contribution >= 4 is 10.8 Å². The topological polar surface area (TPSA) is 38.2 Å². The zero-order valence-electron chi connectivity index (χ0n) is 21.0. The Morgan fingerprint density at radius 1 is 0.853 bits per heavy atom. The number of benzene rings is 2. The molecule has 180 valence electrons. The molecule has 2 fully saturated rings. The molecule has 2 aromatic carbocycles. The number of piperidine rings is 1. The van der Waals surface area contributed by atoms with E-state index in [1.54, 1.807) is 0 Å². The monoisotopic (exact) mass is 457 g/mol. The summed E-state index contributed by atoms with van der Waals surface area (Å²) in [6.07, 6.45) is 11.3. The Morgan fingerprint density at radius 3 is 2.24 bits per heavy atom. The Hall–Kier alpha value is -2.46. The van der Waals surface area contributed by atoms with E-state index in [2.05, 4.69) is 72.0 Å². The van der Waals surface area contributed by atoms with Gasteiger partial charge >= 0.3 is 0 Å². The average molecular weight is 458 g/mol. The maximum Gasteiger partial charge on any atom is 0.131 e. The first-order chi connectivity index (χ1) is 16.4. The van der Waals surface area contributed by atoms with Gasteiger partial charge in [-0.05, 0) is 104 Å². The molecule has 5 rings (SSSR count). The van der Waals surface area contributed by atoms with Crippen LogP contribution in [0.25, 0.3) is 10.8 Å². The summed E-state index contributed by atoms with van der Waals surface area (Å²) in [7, 11) is 0. The van der Waals surface area contributed by atoms with Crippen LogP contribution in [0.1, 0.15) is 76.6 Å². The molecule has 0 spiro atoms. The van der Waals surface area contributed by atoms with Crippen molar-refractivity contribution in [2.45, 2.75) is 77.9 Å². The standard InChI is InChI=1S/C30H39N3O/c1-30(2,3)26-8-11-27(12-9-26)34-28-10-7-24-19-22(5-6-25(24)20-28)21-33-17-13-23(14-18-33)29-31-15-4-16-32-29/h4-7,10,15-16,19-20,23,26-27H,8-9,11-14,17-18,21H2,1-3H3. The molecule has 2 aliphatic rings. The van der Waals surface area contributed by atoms with E-state index >= 15 is 0 Å². The van der Waals surface area contributed by atoms with Crippen LogP contribution in [0.2, 0.25) is 0 Å². The van der Waals surface area contributed by atoms with Crippen molar-refractivity contribution in [1.29, 1.82) is 0 Å². The number of aromatic nitrogens is 2. The average Bonchev–Trinajstić information content (AvgIpc) is 2.85.